The van der Waals surface area contributed by atoms with Crippen molar-refractivity contribution in [3.8, 4) is 12.3 Å². The van der Waals surface area contributed by atoms with E-state index in [2.05, 4.69) is 30.5 Å². The standard InChI is InChI=1S/C12H16ClNS/c1-4-6-11(5-2)14-9(3)10-7-12(13)15-8-10/h2,7-9,11,14H,4,6H2,1,3H3. The van der Waals surface area contributed by atoms with Gasteiger partial charge in [-0.25, -0.2) is 0 Å². The Hall–Kier alpha value is -0.490. The van der Waals surface area contributed by atoms with Crippen LogP contribution in [0, 0.1) is 12.3 Å². The highest BCUT2D eigenvalue weighted by Gasteiger charge is 2.11. The summed E-state index contributed by atoms with van der Waals surface area (Å²) in [6.45, 7) is 4.25. The Kier molecular flexibility index (Phi) is 5.17. The zero-order chi connectivity index (χ0) is 11.3. The van der Waals surface area contributed by atoms with Gasteiger partial charge in [0.15, 0.2) is 0 Å². The van der Waals surface area contributed by atoms with Gasteiger partial charge in [-0.1, -0.05) is 30.9 Å². The van der Waals surface area contributed by atoms with Gasteiger partial charge in [-0.2, -0.15) is 0 Å². The van der Waals surface area contributed by atoms with Gasteiger partial charge in [0.1, 0.15) is 0 Å². The Labute approximate surface area is 101 Å². The van der Waals surface area contributed by atoms with Gasteiger partial charge in [-0.3, -0.25) is 5.32 Å². The van der Waals surface area contributed by atoms with Gasteiger partial charge in [-0.05, 0) is 30.4 Å². The predicted molar refractivity (Wildman–Crippen MR) is 68.4 cm³/mol. The Morgan fingerprint density at radius 1 is 1.67 bits per heavy atom. The number of rotatable bonds is 5. The van der Waals surface area contributed by atoms with Crippen molar-refractivity contribution < 1.29 is 0 Å². The maximum Gasteiger partial charge on any atom is 0.0931 e. The fourth-order valence-electron chi connectivity index (χ4n) is 1.45. The van der Waals surface area contributed by atoms with Crippen molar-refractivity contribution in [3.63, 3.8) is 0 Å². The summed E-state index contributed by atoms with van der Waals surface area (Å²) in [5.74, 6) is 2.77. The molecular weight excluding hydrogens is 226 g/mol. The van der Waals surface area contributed by atoms with Gasteiger partial charge >= 0.3 is 0 Å². The summed E-state index contributed by atoms with van der Waals surface area (Å²) in [7, 11) is 0. The van der Waals surface area contributed by atoms with Crippen LogP contribution in [0.15, 0.2) is 11.4 Å². The van der Waals surface area contributed by atoms with E-state index in [-0.39, 0.29) is 12.1 Å². The van der Waals surface area contributed by atoms with Gasteiger partial charge < -0.3 is 0 Å². The average molecular weight is 242 g/mol. The van der Waals surface area contributed by atoms with Crippen molar-refractivity contribution in [1.82, 2.24) is 5.32 Å². The van der Waals surface area contributed by atoms with Crippen LogP contribution in [-0.4, -0.2) is 6.04 Å². The van der Waals surface area contributed by atoms with Gasteiger partial charge in [-0.15, -0.1) is 17.8 Å². The molecule has 2 unspecified atom stereocenters. The van der Waals surface area contributed by atoms with Gasteiger partial charge in [0.2, 0.25) is 0 Å². The molecule has 0 aliphatic rings. The van der Waals surface area contributed by atoms with Crippen LogP contribution >= 0.6 is 22.9 Å². The average Bonchev–Trinajstić information content (AvgIpc) is 2.64. The minimum atomic E-state index is 0.156. The van der Waals surface area contributed by atoms with Crippen LogP contribution in [0.25, 0.3) is 0 Å². The molecule has 0 aliphatic carbocycles. The highest BCUT2D eigenvalue weighted by atomic mass is 35.5. The second kappa shape index (κ2) is 6.17. The molecule has 2 atom stereocenters. The van der Waals surface area contributed by atoms with Crippen molar-refractivity contribution in [2.75, 3.05) is 0 Å². The first-order chi connectivity index (χ1) is 7.17. The highest BCUT2D eigenvalue weighted by molar-refractivity contribution is 7.14. The number of nitrogens with one attached hydrogen (secondary N) is 1. The van der Waals surface area contributed by atoms with E-state index in [4.69, 9.17) is 18.0 Å². The summed E-state index contributed by atoms with van der Waals surface area (Å²) in [4.78, 5) is 0. The van der Waals surface area contributed by atoms with Crippen LogP contribution in [0.2, 0.25) is 4.34 Å². The van der Waals surface area contributed by atoms with Crippen LogP contribution < -0.4 is 5.32 Å². The molecule has 0 aromatic carbocycles. The molecule has 1 aromatic rings. The largest absolute Gasteiger partial charge is 0.297 e. The number of halogens is 1. The second-order valence-electron chi connectivity index (χ2n) is 3.58. The molecule has 1 aromatic heterocycles. The van der Waals surface area contributed by atoms with E-state index in [0.29, 0.717) is 0 Å². The molecule has 1 heterocycles. The molecule has 0 saturated heterocycles. The van der Waals surface area contributed by atoms with Crippen LogP contribution in [0.1, 0.15) is 38.3 Å². The monoisotopic (exact) mass is 241 g/mol. The molecular formula is C12H16ClNS. The van der Waals surface area contributed by atoms with Gasteiger partial charge in [0, 0.05) is 6.04 Å². The van der Waals surface area contributed by atoms with E-state index in [1.54, 1.807) is 11.3 Å². The first kappa shape index (κ1) is 12.6. The normalized spacial score (nSPS) is 14.5. The number of thiophene rings is 1. The Morgan fingerprint density at radius 3 is 2.87 bits per heavy atom. The lowest BCUT2D eigenvalue weighted by Gasteiger charge is -2.17. The van der Waals surface area contributed by atoms with Crippen molar-refractivity contribution >= 4 is 22.9 Å². The molecule has 0 radical (unpaired) electrons. The third kappa shape index (κ3) is 3.87. The fourth-order valence-corrected chi connectivity index (χ4v) is 2.44. The minimum absolute atomic E-state index is 0.156. The zero-order valence-electron chi connectivity index (χ0n) is 9.09. The molecule has 1 N–H and O–H groups in total. The minimum Gasteiger partial charge on any atom is -0.297 e. The Bertz CT molecular complexity index is 340. The summed E-state index contributed by atoms with van der Waals surface area (Å²) in [6, 6.07) is 2.41. The summed E-state index contributed by atoms with van der Waals surface area (Å²) in [5.41, 5.74) is 1.21. The van der Waals surface area contributed by atoms with E-state index in [1.165, 1.54) is 5.56 Å². The third-order valence-electron chi connectivity index (χ3n) is 2.32. The van der Waals surface area contributed by atoms with E-state index in [1.807, 2.05) is 6.07 Å². The number of hydrogen-bond acceptors (Lipinski definition) is 2. The van der Waals surface area contributed by atoms with Crippen LogP contribution in [0.4, 0.5) is 0 Å². The van der Waals surface area contributed by atoms with E-state index in [0.717, 1.165) is 17.2 Å². The predicted octanol–water partition coefficient (Wildman–Crippen LogP) is 3.85. The second-order valence-corrected chi connectivity index (χ2v) is 5.12. The van der Waals surface area contributed by atoms with Crippen molar-refractivity contribution in [1.29, 1.82) is 0 Å². The molecule has 82 valence electrons. The SMILES string of the molecule is C#CC(CCC)NC(C)c1csc(Cl)c1. The van der Waals surface area contributed by atoms with Crippen molar-refractivity contribution in [2.45, 2.75) is 38.8 Å². The van der Waals surface area contributed by atoms with E-state index >= 15 is 0 Å². The summed E-state index contributed by atoms with van der Waals surface area (Å²) >= 11 is 7.44. The van der Waals surface area contributed by atoms with Gasteiger partial charge in [0.25, 0.3) is 0 Å². The molecule has 0 amide bonds. The lowest BCUT2D eigenvalue weighted by atomic mass is 10.1. The number of terminal acetylenes is 1. The highest BCUT2D eigenvalue weighted by Crippen LogP contribution is 2.25. The Morgan fingerprint density at radius 2 is 2.40 bits per heavy atom. The fraction of sp³-hybridized carbons (Fsp3) is 0.500. The topological polar surface area (TPSA) is 12.0 Å². The summed E-state index contributed by atoms with van der Waals surface area (Å²) in [6.07, 6.45) is 7.56. The van der Waals surface area contributed by atoms with E-state index < -0.39 is 0 Å². The maximum atomic E-state index is 5.89. The summed E-state index contributed by atoms with van der Waals surface area (Å²) < 4.78 is 0.825. The number of hydrogen-bond donors (Lipinski definition) is 1. The first-order valence-corrected chi connectivity index (χ1v) is 6.39. The molecule has 0 spiro atoms. The van der Waals surface area contributed by atoms with Gasteiger partial charge in [0.05, 0.1) is 10.4 Å². The van der Waals surface area contributed by atoms with Crippen LogP contribution in [-0.2, 0) is 0 Å². The quantitative estimate of drug-likeness (QED) is 0.773. The third-order valence-corrected chi connectivity index (χ3v) is 3.43. The molecule has 3 heteroatoms. The summed E-state index contributed by atoms with van der Waals surface area (Å²) in [5, 5.41) is 5.48. The zero-order valence-corrected chi connectivity index (χ0v) is 10.7. The van der Waals surface area contributed by atoms with Crippen molar-refractivity contribution in [2.24, 2.45) is 0 Å². The lowest BCUT2D eigenvalue weighted by Crippen LogP contribution is -2.29. The lowest BCUT2D eigenvalue weighted by molar-refractivity contribution is 0.496. The van der Waals surface area contributed by atoms with Crippen molar-refractivity contribution in [3.05, 3.63) is 21.3 Å². The molecule has 0 bridgehead atoms. The maximum absolute atomic E-state index is 5.89. The molecule has 0 saturated carbocycles. The molecule has 1 nitrogen and oxygen atoms in total. The molecule has 0 fully saturated rings. The van der Waals surface area contributed by atoms with Crippen LogP contribution in [0.5, 0.6) is 0 Å². The Balaban J connectivity index is 2.55. The van der Waals surface area contributed by atoms with E-state index in [9.17, 15) is 0 Å². The molecule has 0 aliphatic heterocycles. The van der Waals surface area contributed by atoms with Crippen LogP contribution in [0.3, 0.4) is 0 Å². The first-order valence-electron chi connectivity index (χ1n) is 5.13. The molecule has 1 rings (SSSR count). The molecule has 15 heavy (non-hydrogen) atoms. The smallest absolute Gasteiger partial charge is 0.0931 e.